The van der Waals surface area contributed by atoms with E-state index in [2.05, 4.69) is 5.32 Å². The molecule has 140 valence electrons. The Morgan fingerprint density at radius 3 is 2.69 bits per heavy atom. The van der Waals surface area contributed by atoms with Gasteiger partial charge in [-0.2, -0.15) is 0 Å². The van der Waals surface area contributed by atoms with Gasteiger partial charge in [-0.3, -0.25) is 9.59 Å². The molecular weight excluding hydrogens is 350 g/mol. The third-order valence-electron chi connectivity index (χ3n) is 4.86. The molecule has 0 radical (unpaired) electrons. The fourth-order valence-electron chi connectivity index (χ4n) is 3.31. The molecule has 3 rings (SSSR count). The summed E-state index contributed by atoms with van der Waals surface area (Å²) in [5, 5.41) is 5.24. The van der Waals surface area contributed by atoms with Gasteiger partial charge in [0.15, 0.2) is 0 Å². The zero-order valence-corrected chi connectivity index (χ0v) is 15.8. The number of halogens is 1. The van der Waals surface area contributed by atoms with Crippen LogP contribution in [0.4, 0.5) is 0 Å². The summed E-state index contributed by atoms with van der Waals surface area (Å²) in [4.78, 5) is 26.7. The third kappa shape index (κ3) is 4.54. The van der Waals surface area contributed by atoms with Crippen molar-refractivity contribution in [2.24, 2.45) is 11.7 Å². The number of fused-ring (bicyclic) bond motifs is 1. The van der Waals surface area contributed by atoms with E-state index in [1.165, 1.54) is 0 Å². The Morgan fingerprint density at radius 1 is 1.23 bits per heavy atom. The lowest BCUT2D eigenvalue weighted by atomic mass is 10.0. The van der Waals surface area contributed by atoms with Crippen LogP contribution in [0.15, 0.2) is 42.5 Å². The van der Waals surface area contributed by atoms with Crippen LogP contribution in [0.25, 0.3) is 10.8 Å². The van der Waals surface area contributed by atoms with E-state index in [1.807, 2.05) is 54.3 Å². The lowest BCUT2D eigenvalue weighted by Crippen LogP contribution is -2.51. The summed E-state index contributed by atoms with van der Waals surface area (Å²) in [5.74, 6) is -0.181. The maximum absolute atomic E-state index is 12.6. The molecule has 6 heteroatoms. The minimum absolute atomic E-state index is 0. The molecular formula is C20H26ClN3O2. The fraction of sp³-hybridized carbons (Fsp3) is 0.400. The quantitative estimate of drug-likeness (QED) is 0.862. The highest BCUT2D eigenvalue weighted by Gasteiger charge is 2.27. The molecule has 2 unspecified atom stereocenters. The van der Waals surface area contributed by atoms with Gasteiger partial charge in [-0.15, -0.1) is 12.4 Å². The van der Waals surface area contributed by atoms with E-state index in [-0.39, 0.29) is 36.2 Å². The van der Waals surface area contributed by atoms with Gasteiger partial charge in [0, 0.05) is 37.2 Å². The lowest BCUT2D eigenvalue weighted by Gasteiger charge is -2.34. The number of nitrogens with one attached hydrogen (secondary N) is 1. The number of carbonyl (C=O) groups excluding carboxylic acids is 2. The number of carbonyl (C=O) groups is 2. The summed E-state index contributed by atoms with van der Waals surface area (Å²) in [5.41, 5.74) is 6.25. The Bertz CT molecular complexity index is 780. The summed E-state index contributed by atoms with van der Waals surface area (Å²) >= 11 is 0. The average molecular weight is 376 g/mol. The summed E-state index contributed by atoms with van der Waals surface area (Å²) in [6, 6.07) is 13.7. The largest absolute Gasteiger partial charge is 0.348 e. The normalized spacial score (nSPS) is 18.1. The summed E-state index contributed by atoms with van der Waals surface area (Å²) in [6.45, 7) is 3.50. The van der Waals surface area contributed by atoms with Crippen LogP contribution in [0.1, 0.15) is 30.1 Å². The van der Waals surface area contributed by atoms with E-state index in [1.54, 1.807) is 0 Å². The molecule has 0 aromatic heterocycles. The average Bonchev–Trinajstić information content (AvgIpc) is 2.66. The lowest BCUT2D eigenvalue weighted by molar-refractivity contribution is -0.136. The number of nitrogens with zero attached hydrogens (tertiary/aromatic N) is 1. The Kier molecular flexibility index (Phi) is 7.00. The van der Waals surface area contributed by atoms with Crippen molar-refractivity contribution in [3.63, 3.8) is 0 Å². The Morgan fingerprint density at radius 2 is 1.96 bits per heavy atom. The first-order valence-corrected chi connectivity index (χ1v) is 8.87. The van der Waals surface area contributed by atoms with Crippen molar-refractivity contribution in [3.05, 3.63) is 48.0 Å². The summed E-state index contributed by atoms with van der Waals surface area (Å²) in [7, 11) is 0. The van der Waals surface area contributed by atoms with Gasteiger partial charge in [0.05, 0.1) is 0 Å². The van der Waals surface area contributed by atoms with Crippen molar-refractivity contribution in [2.75, 3.05) is 19.6 Å². The molecule has 1 aliphatic rings. The van der Waals surface area contributed by atoms with Crippen LogP contribution in [-0.4, -0.2) is 42.4 Å². The Balaban J connectivity index is 0.00000243. The van der Waals surface area contributed by atoms with Gasteiger partial charge < -0.3 is 16.0 Å². The van der Waals surface area contributed by atoms with Crippen LogP contribution in [-0.2, 0) is 4.79 Å². The Hall–Kier alpha value is -2.11. The molecule has 0 bridgehead atoms. The monoisotopic (exact) mass is 375 g/mol. The molecule has 2 aromatic carbocycles. The third-order valence-corrected chi connectivity index (χ3v) is 4.86. The van der Waals surface area contributed by atoms with Gasteiger partial charge in [-0.05, 0) is 35.7 Å². The first kappa shape index (κ1) is 20.2. The van der Waals surface area contributed by atoms with Gasteiger partial charge in [0.2, 0.25) is 5.91 Å². The van der Waals surface area contributed by atoms with Gasteiger partial charge >= 0.3 is 0 Å². The number of amides is 2. The molecule has 0 saturated carbocycles. The van der Waals surface area contributed by atoms with Crippen LogP contribution in [0.2, 0.25) is 0 Å². The fourth-order valence-corrected chi connectivity index (χ4v) is 3.31. The van der Waals surface area contributed by atoms with Gasteiger partial charge in [-0.1, -0.05) is 37.3 Å². The first-order chi connectivity index (χ1) is 12.1. The molecule has 1 heterocycles. The number of piperidine rings is 1. The minimum Gasteiger partial charge on any atom is -0.348 e. The second-order valence-corrected chi connectivity index (χ2v) is 6.80. The molecule has 1 fully saturated rings. The molecule has 1 aliphatic heterocycles. The van der Waals surface area contributed by atoms with Crippen molar-refractivity contribution >= 4 is 35.0 Å². The molecule has 2 atom stereocenters. The van der Waals surface area contributed by atoms with Gasteiger partial charge in [-0.25, -0.2) is 0 Å². The van der Waals surface area contributed by atoms with E-state index in [0.29, 0.717) is 18.7 Å². The maximum Gasteiger partial charge on any atom is 0.251 e. The maximum atomic E-state index is 12.6. The van der Waals surface area contributed by atoms with Gasteiger partial charge in [0.25, 0.3) is 5.91 Å². The van der Waals surface area contributed by atoms with Crippen LogP contribution < -0.4 is 11.1 Å². The number of likely N-dealkylation sites (tertiary alicyclic amines) is 1. The summed E-state index contributed by atoms with van der Waals surface area (Å²) in [6.07, 6.45) is 1.78. The van der Waals surface area contributed by atoms with Crippen molar-refractivity contribution in [1.82, 2.24) is 10.2 Å². The highest BCUT2D eigenvalue weighted by Crippen LogP contribution is 2.17. The predicted octanol–water partition coefficient (Wildman–Crippen LogP) is 2.58. The molecule has 3 N–H and O–H groups in total. The second kappa shape index (κ2) is 9.01. The second-order valence-electron chi connectivity index (χ2n) is 6.80. The number of hydrogen-bond acceptors (Lipinski definition) is 3. The smallest absolute Gasteiger partial charge is 0.251 e. The van der Waals surface area contributed by atoms with E-state index in [9.17, 15) is 9.59 Å². The highest BCUT2D eigenvalue weighted by molar-refractivity contribution is 5.98. The van der Waals surface area contributed by atoms with E-state index in [0.717, 1.165) is 30.2 Å². The molecule has 26 heavy (non-hydrogen) atoms. The van der Waals surface area contributed by atoms with Crippen LogP contribution in [0, 0.1) is 5.92 Å². The SMILES string of the molecule is CC(CN)C(=O)N1CCCC(NC(=O)c2ccc3ccccc3c2)C1.Cl. The molecule has 2 amide bonds. The van der Waals surface area contributed by atoms with Crippen LogP contribution >= 0.6 is 12.4 Å². The zero-order chi connectivity index (χ0) is 17.8. The number of benzene rings is 2. The topological polar surface area (TPSA) is 75.4 Å². The number of hydrogen-bond donors (Lipinski definition) is 2. The van der Waals surface area contributed by atoms with Crippen molar-refractivity contribution in [1.29, 1.82) is 0 Å². The van der Waals surface area contributed by atoms with Crippen LogP contribution in [0.5, 0.6) is 0 Å². The number of nitrogens with two attached hydrogens (primary N) is 1. The molecule has 0 spiro atoms. The predicted molar refractivity (Wildman–Crippen MR) is 106 cm³/mol. The van der Waals surface area contributed by atoms with E-state index in [4.69, 9.17) is 5.73 Å². The zero-order valence-electron chi connectivity index (χ0n) is 15.0. The Labute approximate surface area is 160 Å². The first-order valence-electron chi connectivity index (χ1n) is 8.87. The molecule has 5 nitrogen and oxygen atoms in total. The molecule has 0 aliphatic carbocycles. The highest BCUT2D eigenvalue weighted by atomic mass is 35.5. The molecule has 1 saturated heterocycles. The number of rotatable bonds is 4. The van der Waals surface area contributed by atoms with Crippen molar-refractivity contribution < 1.29 is 9.59 Å². The van der Waals surface area contributed by atoms with E-state index < -0.39 is 0 Å². The van der Waals surface area contributed by atoms with Crippen molar-refractivity contribution in [2.45, 2.75) is 25.8 Å². The molecule has 2 aromatic rings. The minimum atomic E-state index is -0.171. The summed E-state index contributed by atoms with van der Waals surface area (Å²) < 4.78 is 0. The van der Waals surface area contributed by atoms with Crippen molar-refractivity contribution in [3.8, 4) is 0 Å². The van der Waals surface area contributed by atoms with E-state index >= 15 is 0 Å². The van der Waals surface area contributed by atoms with Crippen LogP contribution in [0.3, 0.4) is 0 Å². The standard InChI is InChI=1S/C20H25N3O2.ClH/c1-14(12-21)20(25)23-10-4-7-18(13-23)22-19(24)17-9-8-15-5-2-3-6-16(15)11-17;/h2-3,5-6,8-9,11,14,18H,4,7,10,12-13,21H2,1H3,(H,22,24);1H. The van der Waals surface area contributed by atoms with Gasteiger partial charge in [0.1, 0.15) is 0 Å².